The molecule has 5 nitrogen and oxygen atoms in total. The van der Waals surface area contributed by atoms with Crippen molar-refractivity contribution < 1.29 is 17.9 Å². The van der Waals surface area contributed by atoms with E-state index in [4.69, 9.17) is 9.47 Å². The molecular formula is C15H25NO4S. The van der Waals surface area contributed by atoms with E-state index in [2.05, 4.69) is 12.2 Å². The average molecular weight is 315 g/mol. The Kier molecular flexibility index (Phi) is 6.98. The lowest BCUT2D eigenvalue weighted by Gasteiger charge is -2.22. The Balaban J connectivity index is 3.07. The van der Waals surface area contributed by atoms with Gasteiger partial charge in [0.05, 0.1) is 20.0 Å². The van der Waals surface area contributed by atoms with Crippen molar-refractivity contribution in [1.82, 2.24) is 5.32 Å². The maximum absolute atomic E-state index is 11.4. The molecule has 0 aliphatic rings. The van der Waals surface area contributed by atoms with Gasteiger partial charge in [0.1, 0.15) is 9.84 Å². The van der Waals surface area contributed by atoms with Gasteiger partial charge in [-0.1, -0.05) is 19.1 Å². The second-order valence-electron chi connectivity index (χ2n) is 5.01. The van der Waals surface area contributed by atoms with Crippen LogP contribution in [0.3, 0.4) is 0 Å². The molecule has 0 fully saturated rings. The van der Waals surface area contributed by atoms with Crippen molar-refractivity contribution in [2.24, 2.45) is 0 Å². The van der Waals surface area contributed by atoms with Crippen LogP contribution >= 0.6 is 0 Å². The van der Waals surface area contributed by atoms with E-state index >= 15 is 0 Å². The number of ether oxygens (including phenoxy) is 2. The third-order valence-corrected chi connectivity index (χ3v) is 4.20. The number of hydrogen-bond acceptors (Lipinski definition) is 5. The normalized spacial score (nSPS) is 13.0. The molecule has 0 aliphatic heterocycles. The molecule has 120 valence electrons. The van der Waals surface area contributed by atoms with E-state index < -0.39 is 9.84 Å². The molecule has 0 bridgehead atoms. The Morgan fingerprint density at radius 1 is 1.24 bits per heavy atom. The van der Waals surface area contributed by atoms with Crippen molar-refractivity contribution in [2.45, 2.75) is 25.8 Å². The van der Waals surface area contributed by atoms with E-state index in [9.17, 15) is 8.42 Å². The van der Waals surface area contributed by atoms with Gasteiger partial charge in [-0.2, -0.15) is 0 Å². The van der Waals surface area contributed by atoms with Crippen LogP contribution in [0.15, 0.2) is 18.2 Å². The summed E-state index contributed by atoms with van der Waals surface area (Å²) in [4.78, 5) is 0. The predicted octanol–water partition coefficient (Wildman–Crippen LogP) is 2.18. The van der Waals surface area contributed by atoms with Crippen LogP contribution in [0.5, 0.6) is 11.5 Å². The number of sulfone groups is 1. The fourth-order valence-corrected chi connectivity index (χ4v) is 2.87. The zero-order valence-corrected chi connectivity index (χ0v) is 14.0. The maximum atomic E-state index is 11.4. The SMILES string of the molecule is CCCNC(CCS(C)(=O)=O)c1cccc(OC)c1OC. The summed E-state index contributed by atoms with van der Waals surface area (Å²) >= 11 is 0. The van der Waals surface area contributed by atoms with E-state index in [-0.39, 0.29) is 11.8 Å². The summed E-state index contributed by atoms with van der Waals surface area (Å²) in [7, 11) is 0.182. The molecule has 1 unspecified atom stereocenters. The van der Waals surface area contributed by atoms with Gasteiger partial charge in [0.25, 0.3) is 0 Å². The van der Waals surface area contributed by atoms with Crippen LogP contribution < -0.4 is 14.8 Å². The first-order valence-electron chi connectivity index (χ1n) is 7.05. The molecular weight excluding hydrogens is 290 g/mol. The highest BCUT2D eigenvalue weighted by atomic mass is 32.2. The standard InChI is InChI=1S/C15H25NO4S/c1-5-10-16-13(9-11-21(4,17)18)12-7-6-8-14(19-2)15(12)20-3/h6-8,13,16H,5,9-11H2,1-4H3. The topological polar surface area (TPSA) is 64.6 Å². The molecule has 0 radical (unpaired) electrons. The summed E-state index contributed by atoms with van der Waals surface area (Å²) in [6.07, 6.45) is 2.73. The monoisotopic (exact) mass is 315 g/mol. The third-order valence-electron chi connectivity index (χ3n) is 3.23. The van der Waals surface area contributed by atoms with E-state index in [1.165, 1.54) is 6.26 Å². The van der Waals surface area contributed by atoms with Gasteiger partial charge in [-0.15, -0.1) is 0 Å². The van der Waals surface area contributed by atoms with Crippen molar-refractivity contribution in [3.8, 4) is 11.5 Å². The second kappa shape index (κ2) is 8.24. The average Bonchev–Trinajstić information content (AvgIpc) is 2.45. The highest BCUT2D eigenvalue weighted by Gasteiger charge is 2.20. The zero-order valence-electron chi connectivity index (χ0n) is 13.2. The van der Waals surface area contributed by atoms with Crippen molar-refractivity contribution >= 4 is 9.84 Å². The van der Waals surface area contributed by atoms with E-state index in [1.807, 2.05) is 18.2 Å². The molecule has 0 saturated carbocycles. The first kappa shape index (κ1) is 17.8. The molecule has 0 aliphatic carbocycles. The van der Waals surface area contributed by atoms with Crippen LogP contribution in [0.25, 0.3) is 0 Å². The fourth-order valence-electron chi connectivity index (χ4n) is 2.20. The van der Waals surface area contributed by atoms with Crippen LogP contribution in [-0.4, -0.2) is 41.2 Å². The summed E-state index contributed by atoms with van der Waals surface area (Å²) in [6.45, 7) is 2.89. The van der Waals surface area contributed by atoms with Crippen LogP contribution in [0.1, 0.15) is 31.4 Å². The molecule has 21 heavy (non-hydrogen) atoms. The molecule has 0 saturated heterocycles. The van der Waals surface area contributed by atoms with Crippen LogP contribution in [0.2, 0.25) is 0 Å². The quantitative estimate of drug-likeness (QED) is 0.756. The van der Waals surface area contributed by atoms with Gasteiger partial charge in [0, 0.05) is 17.9 Å². The lowest BCUT2D eigenvalue weighted by molar-refractivity contribution is 0.345. The maximum Gasteiger partial charge on any atom is 0.165 e. The number of nitrogens with one attached hydrogen (secondary N) is 1. The second-order valence-corrected chi connectivity index (χ2v) is 7.27. The highest BCUT2D eigenvalue weighted by Crippen LogP contribution is 2.35. The molecule has 6 heteroatoms. The van der Waals surface area contributed by atoms with Crippen LogP contribution in [0, 0.1) is 0 Å². The number of rotatable bonds is 9. The van der Waals surface area contributed by atoms with Crippen LogP contribution in [0.4, 0.5) is 0 Å². The first-order chi connectivity index (χ1) is 9.92. The number of hydrogen-bond donors (Lipinski definition) is 1. The van der Waals surface area contributed by atoms with Crippen molar-refractivity contribution in [2.75, 3.05) is 32.8 Å². The van der Waals surface area contributed by atoms with Gasteiger partial charge in [-0.3, -0.25) is 0 Å². The fraction of sp³-hybridized carbons (Fsp3) is 0.600. The number of benzene rings is 1. The van der Waals surface area contributed by atoms with Crippen molar-refractivity contribution in [3.63, 3.8) is 0 Å². The van der Waals surface area contributed by atoms with Gasteiger partial charge >= 0.3 is 0 Å². The minimum atomic E-state index is -3.00. The number of methoxy groups -OCH3 is 2. The smallest absolute Gasteiger partial charge is 0.165 e. The van der Waals surface area contributed by atoms with E-state index in [0.29, 0.717) is 17.9 Å². The third kappa shape index (κ3) is 5.55. The molecule has 1 aromatic rings. The summed E-state index contributed by atoms with van der Waals surface area (Å²) in [6, 6.07) is 5.58. The Labute approximate surface area is 127 Å². The Morgan fingerprint density at radius 2 is 1.95 bits per heavy atom. The molecule has 1 N–H and O–H groups in total. The molecule has 1 aromatic carbocycles. The predicted molar refractivity (Wildman–Crippen MR) is 84.9 cm³/mol. The van der Waals surface area contributed by atoms with Gasteiger partial charge < -0.3 is 14.8 Å². The summed E-state index contributed by atoms with van der Waals surface area (Å²) < 4.78 is 33.6. The van der Waals surface area contributed by atoms with E-state index in [0.717, 1.165) is 18.5 Å². The lowest BCUT2D eigenvalue weighted by Crippen LogP contribution is -2.25. The van der Waals surface area contributed by atoms with E-state index in [1.54, 1.807) is 14.2 Å². The summed E-state index contributed by atoms with van der Waals surface area (Å²) in [5.41, 5.74) is 0.925. The summed E-state index contributed by atoms with van der Waals surface area (Å²) in [5.74, 6) is 1.44. The minimum Gasteiger partial charge on any atom is -0.493 e. The van der Waals surface area contributed by atoms with Gasteiger partial charge in [0.2, 0.25) is 0 Å². The van der Waals surface area contributed by atoms with Crippen molar-refractivity contribution in [1.29, 1.82) is 0 Å². The Morgan fingerprint density at radius 3 is 2.48 bits per heavy atom. The van der Waals surface area contributed by atoms with Gasteiger partial charge in [-0.05, 0) is 25.5 Å². The Bertz CT molecular complexity index is 543. The molecule has 0 amide bonds. The first-order valence-corrected chi connectivity index (χ1v) is 9.11. The summed E-state index contributed by atoms with van der Waals surface area (Å²) in [5, 5.41) is 3.38. The van der Waals surface area contributed by atoms with Crippen molar-refractivity contribution in [3.05, 3.63) is 23.8 Å². The molecule has 0 heterocycles. The number of para-hydroxylation sites is 1. The van der Waals surface area contributed by atoms with Gasteiger partial charge in [-0.25, -0.2) is 8.42 Å². The van der Waals surface area contributed by atoms with Crippen LogP contribution in [-0.2, 0) is 9.84 Å². The molecule has 0 spiro atoms. The molecule has 1 rings (SSSR count). The van der Waals surface area contributed by atoms with Gasteiger partial charge in [0.15, 0.2) is 11.5 Å². The minimum absolute atomic E-state index is 0.0790. The molecule has 1 atom stereocenters. The Hall–Kier alpha value is -1.27. The zero-order chi connectivity index (χ0) is 15.9. The molecule has 0 aromatic heterocycles. The highest BCUT2D eigenvalue weighted by molar-refractivity contribution is 7.90. The largest absolute Gasteiger partial charge is 0.493 e. The lowest BCUT2D eigenvalue weighted by atomic mass is 10.0.